The molecule has 2 aromatic heterocycles. The molecule has 7 heteroatoms. The minimum absolute atomic E-state index is 0.00365. The number of pyridine rings is 2. The smallest absolute Gasteiger partial charge is 0.254 e. The average molecular weight is 564 g/mol. The standard InChI is InChI=1S/C35H34FN3O3/c1-20-25-17-31-34-27(19-39(31)35(41)24(25)8-10-32(20)40)23(26-18-33-22(11-14-42-33)16-29(26)37-34)7-5-21-6-9-30(28(36)15-21)38-12-3-2-4-13-38/h6,9,15-18,20H,2-5,7-8,10-14,19H2,1H3. The quantitative estimate of drug-likeness (QED) is 0.273. The van der Waals surface area contributed by atoms with E-state index in [1.807, 2.05) is 23.6 Å². The van der Waals surface area contributed by atoms with Gasteiger partial charge >= 0.3 is 0 Å². The molecular weight excluding hydrogens is 529 g/mol. The third-order valence-corrected chi connectivity index (χ3v) is 9.95. The summed E-state index contributed by atoms with van der Waals surface area (Å²) in [4.78, 5) is 33.6. The van der Waals surface area contributed by atoms with Gasteiger partial charge in [0, 0.05) is 48.4 Å². The second kappa shape index (κ2) is 9.79. The topological polar surface area (TPSA) is 64.4 Å². The first-order chi connectivity index (χ1) is 20.5. The van der Waals surface area contributed by atoms with Crippen LogP contribution in [0.25, 0.3) is 22.3 Å². The van der Waals surface area contributed by atoms with Crippen molar-refractivity contribution in [1.29, 1.82) is 0 Å². The number of carbonyl (C=O) groups excluding carboxylic acids is 1. The number of piperidine rings is 1. The van der Waals surface area contributed by atoms with Crippen molar-refractivity contribution in [2.24, 2.45) is 0 Å². The maximum atomic E-state index is 15.3. The van der Waals surface area contributed by atoms with Gasteiger partial charge in [0.25, 0.3) is 5.56 Å². The van der Waals surface area contributed by atoms with Crippen LogP contribution in [0, 0.1) is 5.82 Å². The highest BCUT2D eigenvalue weighted by molar-refractivity contribution is 5.91. The Morgan fingerprint density at radius 1 is 0.976 bits per heavy atom. The highest BCUT2D eigenvalue weighted by Crippen LogP contribution is 2.41. The summed E-state index contributed by atoms with van der Waals surface area (Å²) in [6.45, 7) is 4.85. The fourth-order valence-corrected chi connectivity index (χ4v) is 7.57. The highest BCUT2D eigenvalue weighted by atomic mass is 19.1. The van der Waals surface area contributed by atoms with Crippen LogP contribution in [0.5, 0.6) is 5.75 Å². The molecule has 0 saturated carbocycles. The Morgan fingerprint density at radius 3 is 2.67 bits per heavy atom. The van der Waals surface area contributed by atoms with E-state index in [0.29, 0.717) is 44.5 Å². The normalized spacial score (nSPS) is 19.0. The van der Waals surface area contributed by atoms with E-state index >= 15 is 4.39 Å². The molecule has 1 unspecified atom stereocenters. The van der Waals surface area contributed by atoms with Crippen LogP contribution in [0.2, 0.25) is 0 Å². The lowest BCUT2D eigenvalue weighted by molar-refractivity contribution is -0.120. The first kappa shape index (κ1) is 25.7. The molecule has 1 atom stereocenters. The van der Waals surface area contributed by atoms with Crippen molar-refractivity contribution < 1.29 is 13.9 Å². The summed E-state index contributed by atoms with van der Waals surface area (Å²) in [6.07, 6.45) is 6.57. The maximum absolute atomic E-state index is 15.3. The molecule has 0 spiro atoms. The van der Waals surface area contributed by atoms with Gasteiger partial charge in [0.05, 0.1) is 35.7 Å². The van der Waals surface area contributed by atoms with Gasteiger partial charge in [-0.2, -0.15) is 0 Å². The van der Waals surface area contributed by atoms with E-state index in [0.717, 1.165) is 93.8 Å². The number of aryl methyl sites for hydroxylation is 2. The van der Waals surface area contributed by atoms with Crippen molar-refractivity contribution in [3.8, 4) is 17.1 Å². The van der Waals surface area contributed by atoms with Crippen molar-refractivity contribution in [3.63, 3.8) is 0 Å². The van der Waals surface area contributed by atoms with Crippen LogP contribution in [0.4, 0.5) is 10.1 Å². The van der Waals surface area contributed by atoms with Crippen LogP contribution in [0.1, 0.15) is 71.9 Å². The highest BCUT2D eigenvalue weighted by Gasteiger charge is 2.33. The van der Waals surface area contributed by atoms with Gasteiger partial charge < -0.3 is 14.2 Å². The third kappa shape index (κ3) is 4.00. The number of nitrogens with zero attached hydrogens (tertiary/aromatic N) is 3. The summed E-state index contributed by atoms with van der Waals surface area (Å²) < 4.78 is 23.1. The van der Waals surface area contributed by atoms with Crippen LogP contribution in [-0.4, -0.2) is 35.0 Å². The Kier molecular flexibility index (Phi) is 5.99. The molecule has 4 aliphatic rings. The number of ketones is 1. The molecule has 1 fully saturated rings. The molecule has 4 aromatic rings. The molecule has 1 aliphatic carbocycles. The number of benzene rings is 2. The average Bonchev–Trinajstić information content (AvgIpc) is 3.61. The zero-order valence-corrected chi connectivity index (χ0v) is 24.0. The van der Waals surface area contributed by atoms with Crippen molar-refractivity contribution in [3.05, 3.63) is 85.9 Å². The number of ether oxygens (including phenoxy) is 1. The summed E-state index contributed by atoms with van der Waals surface area (Å²) in [7, 11) is 0. The van der Waals surface area contributed by atoms with E-state index in [1.165, 1.54) is 6.42 Å². The van der Waals surface area contributed by atoms with Crippen molar-refractivity contribution >= 4 is 22.4 Å². The number of carbonyl (C=O) groups is 1. The lowest BCUT2D eigenvalue weighted by Gasteiger charge is -2.29. The number of aromatic nitrogens is 2. The first-order valence-electron chi connectivity index (χ1n) is 15.4. The van der Waals surface area contributed by atoms with E-state index in [-0.39, 0.29) is 23.1 Å². The minimum Gasteiger partial charge on any atom is -0.493 e. The van der Waals surface area contributed by atoms with Gasteiger partial charge in [-0.15, -0.1) is 0 Å². The lowest BCUT2D eigenvalue weighted by Crippen LogP contribution is -2.30. The Hall–Kier alpha value is -4.00. The molecule has 0 bridgehead atoms. The predicted molar refractivity (Wildman–Crippen MR) is 161 cm³/mol. The molecular formula is C35H34FN3O3. The molecule has 0 amide bonds. The fourth-order valence-electron chi connectivity index (χ4n) is 7.57. The fraction of sp³-hybridized carbons (Fsp3) is 0.400. The number of fused-ring (bicyclic) bond motifs is 6. The first-order valence-corrected chi connectivity index (χ1v) is 15.4. The number of Topliss-reactive ketones (excluding diaryl/α,β-unsaturated/α-hetero) is 1. The molecule has 42 heavy (non-hydrogen) atoms. The SMILES string of the molecule is CC1C(=O)CCc2c1cc1n(c2=O)Cc2c-1nc1cc3c(cc1c2CCc1ccc(N2CCCCC2)c(F)c1)OCC3. The summed E-state index contributed by atoms with van der Waals surface area (Å²) in [5, 5.41) is 1.04. The van der Waals surface area contributed by atoms with Gasteiger partial charge in [0.2, 0.25) is 0 Å². The van der Waals surface area contributed by atoms with E-state index in [4.69, 9.17) is 9.72 Å². The van der Waals surface area contributed by atoms with E-state index < -0.39 is 0 Å². The second-order valence-electron chi connectivity index (χ2n) is 12.4. The molecule has 3 aliphatic heterocycles. The van der Waals surface area contributed by atoms with Crippen LogP contribution >= 0.6 is 0 Å². The number of rotatable bonds is 4. The molecule has 8 rings (SSSR count). The van der Waals surface area contributed by atoms with E-state index in [9.17, 15) is 9.59 Å². The number of halogens is 1. The summed E-state index contributed by atoms with van der Waals surface area (Å²) in [5.74, 6) is 0.655. The van der Waals surface area contributed by atoms with Gasteiger partial charge in [-0.1, -0.05) is 13.0 Å². The number of hydrogen-bond donors (Lipinski definition) is 0. The Bertz CT molecular complexity index is 1850. The van der Waals surface area contributed by atoms with Gasteiger partial charge in [-0.05, 0) is 91.1 Å². The number of hydrogen-bond acceptors (Lipinski definition) is 5. The van der Waals surface area contributed by atoms with Crippen molar-refractivity contribution in [2.75, 3.05) is 24.6 Å². The molecule has 0 N–H and O–H groups in total. The molecule has 1 saturated heterocycles. The third-order valence-electron chi connectivity index (χ3n) is 9.95. The minimum atomic E-state index is -0.278. The lowest BCUT2D eigenvalue weighted by atomic mass is 9.83. The van der Waals surface area contributed by atoms with Crippen LogP contribution in [0.15, 0.2) is 41.2 Å². The molecule has 0 radical (unpaired) electrons. The second-order valence-corrected chi connectivity index (χ2v) is 12.4. The Balaban J connectivity index is 1.21. The molecule has 5 heterocycles. The van der Waals surface area contributed by atoms with Gasteiger partial charge in [-0.3, -0.25) is 9.59 Å². The maximum Gasteiger partial charge on any atom is 0.254 e. The van der Waals surface area contributed by atoms with E-state index in [1.54, 1.807) is 6.07 Å². The van der Waals surface area contributed by atoms with Crippen LogP contribution < -0.4 is 15.2 Å². The van der Waals surface area contributed by atoms with Gasteiger partial charge in [0.15, 0.2) is 0 Å². The number of anilines is 1. The monoisotopic (exact) mass is 563 g/mol. The van der Waals surface area contributed by atoms with Crippen molar-refractivity contribution in [1.82, 2.24) is 9.55 Å². The van der Waals surface area contributed by atoms with Gasteiger partial charge in [-0.25, -0.2) is 9.37 Å². The van der Waals surface area contributed by atoms with Crippen LogP contribution in [0.3, 0.4) is 0 Å². The Morgan fingerprint density at radius 2 is 1.83 bits per heavy atom. The largest absolute Gasteiger partial charge is 0.493 e. The molecule has 214 valence electrons. The molecule has 2 aromatic carbocycles. The summed E-state index contributed by atoms with van der Waals surface area (Å²) in [5.41, 5.74) is 9.12. The Labute approximate surface area is 244 Å². The summed E-state index contributed by atoms with van der Waals surface area (Å²) >= 11 is 0. The van der Waals surface area contributed by atoms with Gasteiger partial charge in [0.1, 0.15) is 17.3 Å². The predicted octanol–water partition coefficient (Wildman–Crippen LogP) is 5.89. The van der Waals surface area contributed by atoms with Crippen molar-refractivity contribution in [2.45, 2.75) is 70.8 Å². The van der Waals surface area contributed by atoms with E-state index in [2.05, 4.69) is 23.1 Å². The van der Waals surface area contributed by atoms with Crippen LogP contribution in [-0.2, 0) is 37.0 Å². The zero-order valence-electron chi connectivity index (χ0n) is 24.0. The molecule has 6 nitrogen and oxygen atoms in total. The summed E-state index contributed by atoms with van der Waals surface area (Å²) in [6, 6.07) is 12.0. The zero-order chi connectivity index (χ0) is 28.5.